The first-order valence-electron chi connectivity index (χ1n) is 12.4. The van der Waals surface area contributed by atoms with E-state index in [-0.39, 0.29) is 30.5 Å². The fourth-order valence-corrected chi connectivity index (χ4v) is 5.02. The van der Waals surface area contributed by atoms with E-state index in [4.69, 9.17) is 0 Å². The Hall–Kier alpha value is -2.30. The molecule has 1 atom stereocenters. The van der Waals surface area contributed by atoms with Crippen LogP contribution in [0.15, 0.2) is 18.2 Å². The minimum Gasteiger partial charge on any atom is -0.352 e. The number of hydrogen-bond acceptors (Lipinski definition) is 3. The van der Waals surface area contributed by atoms with E-state index in [1.807, 2.05) is 4.90 Å². The molecular weight excluding hydrogens is 488 g/mol. The average molecular weight is 522 g/mol. The molecule has 2 N–H and O–H groups in total. The van der Waals surface area contributed by atoms with Gasteiger partial charge in [-0.25, -0.2) is 0 Å². The van der Waals surface area contributed by atoms with Crippen LogP contribution in [-0.4, -0.2) is 48.9 Å². The number of rotatable bonds is 7. The molecule has 11 heteroatoms. The Morgan fingerprint density at radius 1 is 0.861 bits per heavy atom. The fraction of sp³-hybridized carbons (Fsp3) is 0.680. The van der Waals surface area contributed by atoms with Gasteiger partial charge < -0.3 is 15.5 Å². The molecular formula is C25H33F6N3O2. The topological polar surface area (TPSA) is 61.4 Å². The second-order valence-electron chi connectivity index (χ2n) is 9.95. The second-order valence-corrected chi connectivity index (χ2v) is 9.95. The summed E-state index contributed by atoms with van der Waals surface area (Å²) >= 11 is 0. The number of hydrogen-bond donors (Lipinski definition) is 2. The van der Waals surface area contributed by atoms with Crippen molar-refractivity contribution in [3.8, 4) is 0 Å². The highest BCUT2D eigenvalue weighted by Crippen LogP contribution is 2.36. The van der Waals surface area contributed by atoms with Crippen LogP contribution in [0.5, 0.6) is 0 Å². The van der Waals surface area contributed by atoms with Crippen molar-refractivity contribution < 1.29 is 35.9 Å². The van der Waals surface area contributed by atoms with E-state index in [2.05, 4.69) is 17.6 Å². The number of nitrogens with zero attached hydrogens (tertiary/aromatic N) is 1. The maximum absolute atomic E-state index is 13.0. The molecule has 1 saturated carbocycles. The molecule has 36 heavy (non-hydrogen) atoms. The second kappa shape index (κ2) is 11.8. The maximum Gasteiger partial charge on any atom is 0.416 e. The molecule has 1 aromatic carbocycles. The lowest BCUT2D eigenvalue weighted by Crippen LogP contribution is -2.46. The van der Waals surface area contributed by atoms with Crippen molar-refractivity contribution in [3.63, 3.8) is 0 Å². The van der Waals surface area contributed by atoms with Crippen molar-refractivity contribution in [2.24, 2.45) is 11.8 Å². The first-order valence-corrected chi connectivity index (χ1v) is 12.4. The highest BCUT2D eigenvalue weighted by molar-refractivity contribution is 5.94. The summed E-state index contributed by atoms with van der Waals surface area (Å²) in [5.74, 6) is -0.377. The first-order chi connectivity index (χ1) is 16.8. The number of carbonyl (C=O) groups is 2. The largest absolute Gasteiger partial charge is 0.416 e. The zero-order valence-electron chi connectivity index (χ0n) is 20.3. The SMILES string of the molecule is CC1CCCCN1C(=O)CNCC1CCC(CNC(=O)c2cc(C(F)(F)F)cc(C(F)(F)F)c2)CC1. The van der Waals surface area contributed by atoms with Crippen LogP contribution in [0.2, 0.25) is 0 Å². The summed E-state index contributed by atoms with van der Waals surface area (Å²) in [6, 6.07) is 1.17. The van der Waals surface area contributed by atoms with E-state index in [1.54, 1.807) is 0 Å². The summed E-state index contributed by atoms with van der Waals surface area (Å²) < 4.78 is 78.2. The van der Waals surface area contributed by atoms with Crippen molar-refractivity contribution in [2.45, 2.75) is 70.3 Å². The van der Waals surface area contributed by atoms with E-state index in [1.165, 1.54) is 0 Å². The molecule has 0 aromatic heterocycles. The molecule has 2 aliphatic rings. The predicted octanol–water partition coefficient (Wildman–Crippen LogP) is 5.25. The minimum atomic E-state index is -5.00. The van der Waals surface area contributed by atoms with E-state index < -0.39 is 35.0 Å². The van der Waals surface area contributed by atoms with Crippen LogP contribution in [0.4, 0.5) is 26.3 Å². The summed E-state index contributed by atoms with van der Waals surface area (Å²) in [6.07, 6.45) is -3.50. The lowest BCUT2D eigenvalue weighted by molar-refractivity contribution is -0.143. The zero-order valence-corrected chi connectivity index (χ0v) is 20.3. The number of halogens is 6. The monoisotopic (exact) mass is 521 g/mol. The van der Waals surface area contributed by atoms with Gasteiger partial charge in [0.2, 0.25) is 5.91 Å². The Bertz CT molecular complexity index is 878. The van der Waals surface area contributed by atoms with Gasteiger partial charge in [-0.2, -0.15) is 26.3 Å². The molecule has 0 spiro atoms. The van der Waals surface area contributed by atoms with Crippen LogP contribution >= 0.6 is 0 Å². The summed E-state index contributed by atoms with van der Waals surface area (Å²) in [5, 5.41) is 5.75. The molecule has 2 fully saturated rings. The number of carbonyl (C=O) groups excluding carboxylic acids is 2. The molecule has 1 heterocycles. The van der Waals surface area contributed by atoms with Gasteiger partial charge in [-0.1, -0.05) is 0 Å². The van der Waals surface area contributed by atoms with Crippen LogP contribution in [0, 0.1) is 11.8 Å². The zero-order chi connectivity index (χ0) is 26.5. The van der Waals surface area contributed by atoms with Gasteiger partial charge >= 0.3 is 12.4 Å². The van der Waals surface area contributed by atoms with E-state index in [9.17, 15) is 35.9 Å². The smallest absolute Gasteiger partial charge is 0.352 e. The Balaban J connectivity index is 1.43. The number of alkyl halides is 6. The van der Waals surface area contributed by atoms with Gasteiger partial charge in [-0.3, -0.25) is 9.59 Å². The summed E-state index contributed by atoms with van der Waals surface area (Å²) in [6.45, 7) is 4.06. The number of amides is 2. The Labute approximate surface area is 207 Å². The molecule has 3 rings (SSSR count). The lowest BCUT2D eigenvalue weighted by Gasteiger charge is -2.34. The van der Waals surface area contributed by atoms with Crippen LogP contribution in [-0.2, 0) is 17.1 Å². The predicted molar refractivity (Wildman–Crippen MR) is 122 cm³/mol. The molecule has 5 nitrogen and oxygen atoms in total. The van der Waals surface area contributed by atoms with Crippen molar-refractivity contribution in [2.75, 3.05) is 26.2 Å². The van der Waals surface area contributed by atoms with Gasteiger partial charge in [0.25, 0.3) is 5.91 Å². The number of likely N-dealkylation sites (tertiary alicyclic amines) is 1. The van der Waals surface area contributed by atoms with E-state index in [0.29, 0.717) is 31.1 Å². The fourth-order valence-electron chi connectivity index (χ4n) is 5.02. The van der Waals surface area contributed by atoms with Gasteiger partial charge in [-0.05, 0) is 88.4 Å². The van der Waals surface area contributed by atoms with Crippen molar-refractivity contribution in [3.05, 3.63) is 34.9 Å². The number of nitrogens with one attached hydrogen (secondary N) is 2. The summed E-state index contributed by atoms with van der Waals surface area (Å²) in [5.41, 5.74) is -3.69. The Morgan fingerprint density at radius 3 is 1.94 bits per heavy atom. The molecule has 2 amide bonds. The van der Waals surface area contributed by atoms with Crippen LogP contribution in [0.1, 0.15) is 73.4 Å². The van der Waals surface area contributed by atoms with Gasteiger partial charge in [0, 0.05) is 24.7 Å². The third kappa shape index (κ3) is 7.85. The maximum atomic E-state index is 13.0. The van der Waals surface area contributed by atoms with E-state index >= 15 is 0 Å². The van der Waals surface area contributed by atoms with Gasteiger partial charge in [0.05, 0.1) is 17.7 Å². The number of piperidine rings is 1. The molecule has 202 valence electrons. The normalized spacial score (nSPS) is 23.4. The minimum absolute atomic E-state index is 0.00672. The van der Waals surface area contributed by atoms with Gasteiger partial charge in [0.15, 0.2) is 0 Å². The van der Waals surface area contributed by atoms with Crippen LogP contribution in [0.25, 0.3) is 0 Å². The van der Waals surface area contributed by atoms with Crippen molar-refractivity contribution >= 4 is 11.8 Å². The molecule has 0 radical (unpaired) electrons. The van der Waals surface area contributed by atoms with Gasteiger partial charge in [0.1, 0.15) is 0 Å². The molecule has 1 unspecified atom stereocenters. The third-order valence-electron chi connectivity index (χ3n) is 7.20. The van der Waals surface area contributed by atoms with Crippen LogP contribution in [0.3, 0.4) is 0 Å². The highest BCUT2D eigenvalue weighted by atomic mass is 19.4. The molecule has 1 aromatic rings. The van der Waals surface area contributed by atoms with Crippen molar-refractivity contribution in [1.82, 2.24) is 15.5 Å². The van der Waals surface area contributed by atoms with Crippen LogP contribution < -0.4 is 10.6 Å². The summed E-state index contributed by atoms with van der Waals surface area (Å²) in [7, 11) is 0. The van der Waals surface area contributed by atoms with E-state index in [0.717, 1.165) is 51.5 Å². The standard InChI is InChI=1S/C25H33F6N3O2/c1-16-4-2-3-9-34(16)22(35)15-32-13-17-5-7-18(8-6-17)14-33-23(36)19-10-20(24(26,27)28)12-21(11-19)25(29,30)31/h10-12,16-18,32H,2-9,13-15H2,1H3,(H,33,36). The lowest BCUT2D eigenvalue weighted by atomic mass is 9.82. The third-order valence-corrected chi connectivity index (χ3v) is 7.20. The average Bonchev–Trinajstić information content (AvgIpc) is 2.82. The molecule has 0 bridgehead atoms. The summed E-state index contributed by atoms with van der Waals surface area (Å²) in [4.78, 5) is 26.7. The molecule has 1 saturated heterocycles. The first kappa shape index (κ1) is 28.3. The van der Waals surface area contributed by atoms with Crippen molar-refractivity contribution in [1.29, 1.82) is 0 Å². The number of benzene rings is 1. The highest BCUT2D eigenvalue weighted by Gasteiger charge is 2.37. The Kier molecular flexibility index (Phi) is 9.29. The quantitative estimate of drug-likeness (QED) is 0.482. The van der Waals surface area contributed by atoms with Gasteiger partial charge in [-0.15, -0.1) is 0 Å². The molecule has 1 aliphatic heterocycles. The molecule has 1 aliphatic carbocycles. The Morgan fingerprint density at radius 2 is 1.42 bits per heavy atom.